The number of hydrogen-bond donors (Lipinski definition) is 1. The maximum atomic E-state index is 12.4. The lowest BCUT2D eigenvalue weighted by Crippen LogP contribution is -2.48. The summed E-state index contributed by atoms with van der Waals surface area (Å²) < 4.78 is 0. The van der Waals surface area contributed by atoms with Gasteiger partial charge in [0, 0.05) is 5.38 Å². The standard InChI is InChI=1S/C13H16N4O2S/c1-9-15-10(8-20-9)7-14-17-11(18)13(16-12(17)19)5-3-2-4-6-13/h7-8H,2-6H2,1H3,(H,16,19)/b14-7-. The van der Waals surface area contributed by atoms with Gasteiger partial charge in [0.25, 0.3) is 5.91 Å². The average Bonchev–Trinajstić information content (AvgIpc) is 2.93. The predicted molar refractivity (Wildman–Crippen MR) is 75.6 cm³/mol. The summed E-state index contributed by atoms with van der Waals surface area (Å²) in [5, 5.41) is 10.5. The highest BCUT2D eigenvalue weighted by Crippen LogP contribution is 2.33. The Hall–Kier alpha value is -1.76. The molecule has 3 amide bonds. The first-order chi connectivity index (χ1) is 9.61. The van der Waals surface area contributed by atoms with E-state index in [1.165, 1.54) is 17.6 Å². The highest BCUT2D eigenvalue weighted by Gasteiger charge is 2.51. The molecule has 1 aliphatic carbocycles. The van der Waals surface area contributed by atoms with Gasteiger partial charge in [0.15, 0.2) is 0 Å². The molecule has 1 saturated heterocycles. The molecule has 106 valence electrons. The van der Waals surface area contributed by atoms with E-state index in [2.05, 4.69) is 15.4 Å². The summed E-state index contributed by atoms with van der Waals surface area (Å²) in [5.74, 6) is -0.231. The Bertz CT molecular complexity index is 575. The van der Waals surface area contributed by atoms with Crippen molar-refractivity contribution in [2.24, 2.45) is 5.10 Å². The van der Waals surface area contributed by atoms with Crippen molar-refractivity contribution in [3.8, 4) is 0 Å². The van der Waals surface area contributed by atoms with Crippen molar-refractivity contribution < 1.29 is 9.59 Å². The van der Waals surface area contributed by atoms with Crippen molar-refractivity contribution in [3.63, 3.8) is 0 Å². The first-order valence-corrected chi connectivity index (χ1v) is 7.61. The summed E-state index contributed by atoms with van der Waals surface area (Å²) in [5.41, 5.74) is -0.0531. The Labute approximate surface area is 120 Å². The van der Waals surface area contributed by atoms with E-state index >= 15 is 0 Å². The summed E-state index contributed by atoms with van der Waals surface area (Å²) >= 11 is 1.50. The Morgan fingerprint density at radius 2 is 2.15 bits per heavy atom. The van der Waals surface area contributed by atoms with Gasteiger partial charge in [-0.1, -0.05) is 19.3 Å². The Morgan fingerprint density at radius 3 is 2.80 bits per heavy atom. The summed E-state index contributed by atoms with van der Waals surface area (Å²) in [6.45, 7) is 1.90. The SMILES string of the molecule is Cc1nc(/C=N\N2C(=O)NC3(CCCCC3)C2=O)cs1. The second kappa shape index (κ2) is 4.97. The van der Waals surface area contributed by atoms with E-state index in [-0.39, 0.29) is 5.91 Å². The lowest BCUT2D eigenvalue weighted by molar-refractivity contribution is -0.132. The molecule has 0 bridgehead atoms. The molecule has 1 aliphatic heterocycles. The fourth-order valence-corrected chi connectivity index (χ4v) is 3.32. The number of nitrogens with one attached hydrogen (secondary N) is 1. The summed E-state index contributed by atoms with van der Waals surface area (Å²) in [6, 6.07) is -0.430. The molecule has 0 radical (unpaired) electrons. The molecule has 3 rings (SSSR count). The minimum atomic E-state index is -0.718. The zero-order valence-electron chi connectivity index (χ0n) is 11.3. The Kier molecular flexibility index (Phi) is 3.29. The van der Waals surface area contributed by atoms with Gasteiger partial charge >= 0.3 is 6.03 Å². The second-order valence-electron chi connectivity index (χ2n) is 5.23. The number of nitrogens with zero attached hydrogens (tertiary/aromatic N) is 3. The van der Waals surface area contributed by atoms with Crippen LogP contribution in [0.5, 0.6) is 0 Å². The van der Waals surface area contributed by atoms with Crippen LogP contribution in [-0.2, 0) is 4.79 Å². The van der Waals surface area contributed by atoms with Crippen LogP contribution < -0.4 is 5.32 Å². The lowest BCUT2D eigenvalue weighted by Gasteiger charge is -2.29. The van der Waals surface area contributed by atoms with Crippen molar-refractivity contribution in [2.75, 3.05) is 0 Å². The number of carbonyl (C=O) groups excluding carboxylic acids is 2. The van der Waals surface area contributed by atoms with E-state index in [1.807, 2.05) is 12.3 Å². The van der Waals surface area contributed by atoms with Gasteiger partial charge in [-0.15, -0.1) is 16.3 Å². The van der Waals surface area contributed by atoms with Crippen LogP contribution >= 0.6 is 11.3 Å². The van der Waals surface area contributed by atoms with Crippen molar-refractivity contribution in [2.45, 2.75) is 44.6 Å². The molecule has 1 aromatic rings. The van der Waals surface area contributed by atoms with Gasteiger partial charge in [-0.05, 0) is 19.8 Å². The number of imide groups is 1. The third-order valence-corrected chi connectivity index (χ3v) is 4.58. The molecule has 1 aromatic heterocycles. The van der Waals surface area contributed by atoms with E-state index in [4.69, 9.17) is 0 Å². The largest absolute Gasteiger partial charge is 0.346 e. The molecule has 6 nitrogen and oxygen atoms in total. The molecular formula is C13H16N4O2S. The average molecular weight is 292 g/mol. The van der Waals surface area contributed by atoms with Crippen LogP contribution in [-0.4, -0.2) is 33.7 Å². The van der Waals surface area contributed by atoms with E-state index in [9.17, 15) is 9.59 Å². The summed E-state index contributed by atoms with van der Waals surface area (Å²) in [4.78, 5) is 28.6. The van der Waals surface area contributed by atoms with Crippen molar-refractivity contribution in [1.82, 2.24) is 15.3 Å². The van der Waals surface area contributed by atoms with Crippen molar-refractivity contribution >= 4 is 29.5 Å². The first kappa shape index (κ1) is 13.2. The molecule has 7 heteroatoms. The summed E-state index contributed by atoms with van der Waals surface area (Å²) in [7, 11) is 0. The minimum absolute atomic E-state index is 0.231. The number of aromatic nitrogens is 1. The number of carbonyl (C=O) groups is 2. The molecule has 20 heavy (non-hydrogen) atoms. The van der Waals surface area contributed by atoms with E-state index in [0.717, 1.165) is 29.3 Å². The van der Waals surface area contributed by atoms with Crippen LogP contribution in [0.2, 0.25) is 0 Å². The van der Waals surface area contributed by atoms with Crippen LogP contribution in [0.25, 0.3) is 0 Å². The fraction of sp³-hybridized carbons (Fsp3) is 0.538. The van der Waals surface area contributed by atoms with Crippen LogP contribution in [0.1, 0.15) is 42.8 Å². The number of thiazole rings is 1. The van der Waals surface area contributed by atoms with E-state index in [0.29, 0.717) is 18.5 Å². The van der Waals surface area contributed by atoms with Gasteiger partial charge in [0.1, 0.15) is 5.54 Å². The molecule has 2 heterocycles. The zero-order valence-corrected chi connectivity index (χ0v) is 12.1. The van der Waals surface area contributed by atoms with E-state index < -0.39 is 11.6 Å². The van der Waals surface area contributed by atoms with Gasteiger partial charge in [0.05, 0.1) is 16.9 Å². The van der Waals surface area contributed by atoms with Crippen molar-refractivity contribution in [3.05, 3.63) is 16.1 Å². The number of aryl methyl sites for hydroxylation is 1. The topological polar surface area (TPSA) is 74.7 Å². The van der Waals surface area contributed by atoms with Gasteiger partial charge in [0.2, 0.25) is 0 Å². The number of rotatable bonds is 2. The fourth-order valence-electron chi connectivity index (χ4n) is 2.76. The van der Waals surface area contributed by atoms with Crippen LogP contribution in [0, 0.1) is 6.92 Å². The monoisotopic (exact) mass is 292 g/mol. The molecule has 0 aromatic carbocycles. The molecule has 1 N–H and O–H groups in total. The molecule has 0 atom stereocenters. The van der Waals surface area contributed by atoms with Crippen molar-refractivity contribution in [1.29, 1.82) is 0 Å². The Morgan fingerprint density at radius 1 is 1.40 bits per heavy atom. The number of urea groups is 1. The normalized spacial score (nSPS) is 21.9. The molecule has 0 unspecified atom stereocenters. The highest BCUT2D eigenvalue weighted by molar-refractivity contribution is 7.09. The van der Waals surface area contributed by atoms with E-state index in [1.54, 1.807) is 0 Å². The highest BCUT2D eigenvalue weighted by atomic mass is 32.1. The zero-order chi connectivity index (χ0) is 14.2. The molecule has 1 spiro atoms. The lowest BCUT2D eigenvalue weighted by atomic mass is 9.82. The van der Waals surface area contributed by atoms with Crippen LogP contribution in [0.15, 0.2) is 10.5 Å². The van der Waals surface area contributed by atoms with Gasteiger partial charge < -0.3 is 5.32 Å². The van der Waals surface area contributed by atoms with Gasteiger partial charge in [-0.2, -0.15) is 5.10 Å². The minimum Gasteiger partial charge on any atom is -0.321 e. The van der Waals surface area contributed by atoms with Crippen LogP contribution in [0.3, 0.4) is 0 Å². The second-order valence-corrected chi connectivity index (χ2v) is 6.29. The first-order valence-electron chi connectivity index (χ1n) is 6.74. The molecule has 1 saturated carbocycles. The Balaban J connectivity index is 1.78. The molecule has 2 fully saturated rings. The molecular weight excluding hydrogens is 276 g/mol. The van der Waals surface area contributed by atoms with Gasteiger partial charge in [-0.3, -0.25) is 4.79 Å². The summed E-state index contributed by atoms with van der Waals surface area (Å²) in [6.07, 6.45) is 5.93. The maximum Gasteiger partial charge on any atom is 0.346 e. The third kappa shape index (κ3) is 2.22. The molecule has 2 aliphatic rings. The predicted octanol–water partition coefficient (Wildman–Crippen LogP) is 2.04. The number of hydrogen-bond acceptors (Lipinski definition) is 5. The number of hydrazone groups is 1. The quantitative estimate of drug-likeness (QED) is 0.669. The van der Waals surface area contributed by atoms with Crippen LogP contribution in [0.4, 0.5) is 4.79 Å². The smallest absolute Gasteiger partial charge is 0.321 e. The number of amides is 3. The third-order valence-electron chi connectivity index (χ3n) is 3.79. The van der Waals surface area contributed by atoms with Gasteiger partial charge in [-0.25, -0.2) is 9.78 Å². The maximum absolute atomic E-state index is 12.4.